The molecule has 1 heterocycles. The van der Waals surface area contributed by atoms with Crippen molar-refractivity contribution in [2.45, 2.75) is 27.2 Å². The van der Waals surface area contributed by atoms with Crippen molar-refractivity contribution in [1.29, 1.82) is 0 Å². The van der Waals surface area contributed by atoms with E-state index >= 15 is 0 Å². The molecule has 122 valence electrons. The highest BCUT2D eigenvalue weighted by Gasteiger charge is 2.10. The van der Waals surface area contributed by atoms with Crippen LogP contribution in [0.4, 0.5) is 11.5 Å². The van der Waals surface area contributed by atoms with Gasteiger partial charge in [-0.15, -0.1) is 0 Å². The molecule has 2 aromatic rings. The van der Waals surface area contributed by atoms with Crippen LogP contribution in [0.15, 0.2) is 30.6 Å². The minimum Gasteiger partial charge on any atom is -0.370 e. The maximum atomic E-state index is 12.3. The lowest BCUT2D eigenvalue weighted by Gasteiger charge is -2.09. The van der Waals surface area contributed by atoms with Crippen LogP contribution < -0.4 is 10.6 Å². The number of anilines is 2. The summed E-state index contributed by atoms with van der Waals surface area (Å²) in [5.41, 5.74) is 1.91. The molecule has 2 N–H and O–H groups in total. The molecule has 0 saturated heterocycles. The zero-order valence-electron chi connectivity index (χ0n) is 13.6. The van der Waals surface area contributed by atoms with Gasteiger partial charge in [0.25, 0.3) is 5.91 Å². The lowest BCUT2D eigenvalue weighted by molar-refractivity contribution is 0.102. The number of halogens is 1. The molecule has 0 bridgehead atoms. The summed E-state index contributed by atoms with van der Waals surface area (Å²) < 4.78 is 0. The number of nitrogens with one attached hydrogen (secondary N) is 2. The van der Waals surface area contributed by atoms with E-state index in [9.17, 15) is 4.79 Å². The summed E-state index contributed by atoms with van der Waals surface area (Å²) in [6.07, 6.45) is 2.42. The van der Waals surface area contributed by atoms with Gasteiger partial charge in [0.05, 0.1) is 0 Å². The van der Waals surface area contributed by atoms with Crippen LogP contribution in [0.1, 0.15) is 36.3 Å². The van der Waals surface area contributed by atoms with E-state index in [2.05, 4.69) is 34.4 Å². The molecule has 0 aliphatic carbocycles. The predicted molar refractivity (Wildman–Crippen MR) is 94.1 cm³/mol. The van der Waals surface area contributed by atoms with E-state index in [1.165, 1.54) is 6.33 Å². The molecule has 1 aromatic heterocycles. The van der Waals surface area contributed by atoms with Crippen molar-refractivity contribution >= 4 is 29.0 Å². The lowest BCUT2D eigenvalue weighted by atomic mass is 10.1. The van der Waals surface area contributed by atoms with Gasteiger partial charge in [-0.2, -0.15) is 0 Å². The Morgan fingerprint density at radius 1 is 1.26 bits per heavy atom. The lowest BCUT2D eigenvalue weighted by Crippen LogP contribution is -2.15. The average Bonchev–Trinajstić information content (AvgIpc) is 2.51. The smallest absolute Gasteiger partial charge is 0.274 e. The van der Waals surface area contributed by atoms with Gasteiger partial charge in [-0.05, 0) is 37.0 Å². The van der Waals surface area contributed by atoms with E-state index in [0.29, 0.717) is 28.1 Å². The third-order valence-corrected chi connectivity index (χ3v) is 3.76. The Labute approximate surface area is 141 Å². The molecule has 2 rings (SSSR count). The van der Waals surface area contributed by atoms with Crippen LogP contribution in [0.25, 0.3) is 0 Å². The molecule has 0 fully saturated rings. The van der Waals surface area contributed by atoms with Gasteiger partial charge in [-0.3, -0.25) is 4.79 Å². The van der Waals surface area contributed by atoms with Crippen LogP contribution >= 0.6 is 11.6 Å². The van der Waals surface area contributed by atoms with Crippen molar-refractivity contribution in [3.63, 3.8) is 0 Å². The fourth-order valence-electron chi connectivity index (χ4n) is 1.93. The molecule has 0 radical (unpaired) electrons. The van der Waals surface area contributed by atoms with Crippen molar-refractivity contribution in [3.05, 3.63) is 46.9 Å². The molecular formula is C17H21ClN4O. The first-order valence-corrected chi connectivity index (χ1v) is 7.97. The first-order valence-electron chi connectivity index (χ1n) is 7.59. The monoisotopic (exact) mass is 332 g/mol. The van der Waals surface area contributed by atoms with Crippen molar-refractivity contribution < 1.29 is 4.79 Å². The van der Waals surface area contributed by atoms with Crippen molar-refractivity contribution in [2.24, 2.45) is 5.92 Å². The van der Waals surface area contributed by atoms with Crippen LogP contribution in [0.3, 0.4) is 0 Å². The van der Waals surface area contributed by atoms with Crippen molar-refractivity contribution in [3.8, 4) is 0 Å². The van der Waals surface area contributed by atoms with Gasteiger partial charge in [-0.25, -0.2) is 9.97 Å². The second-order valence-corrected chi connectivity index (χ2v) is 6.22. The second kappa shape index (κ2) is 7.92. The summed E-state index contributed by atoms with van der Waals surface area (Å²) >= 11 is 6.06. The van der Waals surface area contributed by atoms with Gasteiger partial charge in [0.2, 0.25) is 0 Å². The molecule has 23 heavy (non-hydrogen) atoms. The Hall–Kier alpha value is -2.14. The van der Waals surface area contributed by atoms with Gasteiger partial charge in [0, 0.05) is 23.3 Å². The van der Waals surface area contributed by atoms with Crippen molar-refractivity contribution in [2.75, 3.05) is 17.2 Å². The molecule has 0 saturated carbocycles. The van der Waals surface area contributed by atoms with E-state index in [-0.39, 0.29) is 5.91 Å². The van der Waals surface area contributed by atoms with E-state index in [4.69, 9.17) is 11.6 Å². The summed E-state index contributed by atoms with van der Waals surface area (Å²) in [5.74, 6) is 0.963. The number of rotatable bonds is 6. The third kappa shape index (κ3) is 5.21. The SMILES string of the molecule is Cc1ccc(NC(=O)c2cc(NCCC(C)C)ncn2)cc1Cl. The molecule has 1 aromatic carbocycles. The molecule has 5 nitrogen and oxygen atoms in total. The minimum absolute atomic E-state index is 0.292. The van der Waals surface area contributed by atoms with Crippen LogP contribution in [0.2, 0.25) is 5.02 Å². The Morgan fingerprint density at radius 3 is 2.74 bits per heavy atom. The predicted octanol–water partition coefficient (Wildman–Crippen LogP) is 4.15. The summed E-state index contributed by atoms with van der Waals surface area (Å²) in [6, 6.07) is 7.03. The number of hydrogen-bond acceptors (Lipinski definition) is 4. The van der Waals surface area contributed by atoms with Crippen LogP contribution in [0, 0.1) is 12.8 Å². The number of benzene rings is 1. The number of aromatic nitrogens is 2. The van der Waals surface area contributed by atoms with Gasteiger partial charge < -0.3 is 10.6 Å². The van der Waals surface area contributed by atoms with Crippen LogP contribution in [0.5, 0.6) is 0 Å². The normalized spacial score (nSPS) is 10.7. The minimum atomic E-state index is -0.292. The summed E-state index contributed by atoms with van der Waals surface area (Å²) in [5, 5.41) is 6.60. The highest BCUT2D eigenvalue weighted by molar-refractivity contribution is 6.31. The molecule has 0 aliphatic heterocycles. The van der Waals surface area contributed by atoms with Gasteiger partial charge >= 0.3 is 0 Å². The Kier molecular flexibility index (Phi) is 5.93. The zero-order valence-corrected chi connectivity index (χ0v) is 14.3. The maximum absolute atomic E-state index is 12.3. The molecular weight excluding hydrogens is 312 g/mol. The van der Waals surface area contributed by atoms with Gasteiger partial charge in [0.15, 0.2) is 0 Å². The summed E-state index contributed by atoms with van der Waals surface area (Å²) in [4.78, 5) is 20.4. The quantitative estimate of drug-likeness (QED) is 0.834. The first-order chi connectivity index (χ1) is 11.0. The fraction of sp³-hybridized carbons (Fsp3) is 0.353. The fourth-order valence-corrected chi connectivity index (χ4v) is 2.11. The number of carbonyl (C=O) groups excluding carboxylic acids is 1. The first kappa shape index (κ1) is 17.2. The molecule has 1 amide bonds. The van der Waals surface area contributed by atoms with Gasteiger partial charge in [-0.1, -0.05) is 31.5 Å². The number of aryl methyl sites for hydroxylation is 1. The summed E-state index contributed by atoms with van der Waals surface area (Å²) in [6.45, 7) is 7.04. The molecule has 0 unspecified atom stereocenters. The van der Waals surface area contributed by atoms with E-state index in [1.807, 2.05) is 19.1 Å². The highest BCUT2D eigenvalue weighted by Crippen LogP contribution is 2.20. The largest absolute Gasteiger partial charge is 0.370 e. The Morgan fingerprint density at radius 2 is 2.04 bits per heavy atom. The third-order valence-electron chi connectivity index (χ3n) is 3.36. The number of amides is 1. The number of hydrogen-bond donors (Lipinski definition) is 2. The Balaban J connectivity index is 2.02. The van der Waals surface area contributed by atoms with E-state index in [1.54, 1.807) is 12.1 Å². The topological polar surface area (TPSA) is 66.9 Å². The molecule has 0 aliphatic rings. The molecule has 0 spiro atoms. The van der Waals surface area contributed by atoms with Crippen LogP contribution in [-0.4, -0.2) is 22.4 Å². The van der Waals surface area contributed by atoms with Crippen molar-refractivity contribution in [1.82, 2.24) is 9.97 Å². The Bertz CT molecular complexity index is 688. The highest BCUT2D eigenvalue weighted by atomic mass is 35.5. The standard InChI is InChI=1S/C17H21ClN4O/c1-11(2)6-7-19-16-9-15(20-10-21-16)17(23)22-13-5-4-12(3)14(18)8-13/h4-5,8-11H,6-7H2,1-3H3,(H,22,23)(H,19,20,21). The van der Waals surface area contributed by atoms with E-state index in [0.717, 1.165) is 18.5 Å². The van der Waals surface area contributed by atoms with Gasteiger partial charge in [0.1, 0.15) is 17.8 Å². The second-order valence-electron chi connectivity index (χ2n) is 5.82. The maximum Gasteiger partial charge on any atom is 0.274 e. The van der Waals surface area contributed by atoms with Crippen LogP contribution in [-0.2, 0) is 0 Å². The molecule has 6 heteroatoms. The molecule has 0 atom stereocenters. The number of carbonyl (C=O) groups is 1. The summed E-state index contributed by atoms with van der Waals surface area (Å²) in [7, 11) is 0. The number of nitrogens with zero attached hydrogens (tertiary/aromatic N) is 2. The zero-order chi connectivity index (χ0) is 16.8. The van der Waals surface area contributed by atoms with E-state index < -0.39 is 0 Å². The average molecular weight is 333 g/mol.